The summed E-state index contributed by atoms with van der Waals surface area (Å²) in [5.41, 5.74) is 0. The molecule has 2 unspecified atom stereocenters. The van der Waals surface area contributed by atoms with Crippen molar-refractivity contribution in [2.75, 3.05) is 12.9 Å². The summed E-state index contributed by atoms with van der Waals surface area (Å²) in [5, 5.41) is 0. The van der Waals surface area contributed by atoms with Crippen LogP contribution >= 0.6 is 24.4 Å². The third-order valence-corrected chi connectivity index (χ3v) is 4.00. The molecule has 1 heterocycles. The number of ether oxygens (including phenoxy) is 1. The van der Waals surface area contributed by atoms with Gasteiger partial charge in [0.15, 0.2) is 4.27 Å². The largest absolute Gasteiger partial charge is 0.355 e. The lowest BCUT2D eigenvalue weighted by Crippen LogP contribution is -2.21. The summed E-state index contributed by atoms with van der Waals surface area (Å²) in [5.74, 6) is 0.579. The van der Waals surface area contributed by atoms with Crippen LogP contribution in [-0.4, -0.2) is 17.1 Å². The van der Waals surface area contributed by atoms with Gasteiger partial charge in [-0.05, 0) is 12.7 Å². The summed E-state index contributed by atoms with van der Waals surface area (Å²) < 4.78 is 5.23. The van der Waals surface area contributed by atoms with Gasteiger partial charge in [-0.2, -0.15) is 0 Å². The van der Waals surface area contributed by atoms with Crippen LogP contribution in [0, 0.1) is 5.92 Å². The van der Waals surface area contributed by atoms with E-state index in [1.54, 1.807) is 11.8 Å². The molecule has 1 aliphatic heterocycles. The minimum atomic E-state index is -0.194. The topological polar surface area (TPSA) is 9.23 Å². The molecule has 3 heteroatoms. The molecule has 1 rings (SSSR count). The number of thiol groups is 1. The smallest absolute Gasteiger partial charge is 0.160 e. The van der Waals surface area contributed by atoms with E-state index in [9.17, 15) is 0 Å². The molecular formula is C6H12OS2. The second-order valence-corrected chi connectivity index (χ2v) is 4.35. The lowest BCUT2D eigenvalue weighted by Gasteiger charge is -2.23. The quantitative estimate of drug-likeness (QED) is 0.469. The average molecular weight is 164 g/mol. The molecule has 9 heavy (non-hydrogen) atoms. The first-order valence-electron chi connectivity index (χ1n) is 3.10. The third-order valence-electron chi connectivity index (χ3n) is 1.77. The van der Waals surface area contributed by atoms with Crippen LogP contribution in [0.4, 0.5) is 0 Å². The second kappa shape index (κ2) is 2.72. The molecule has 0 amide bonds. The fourth-order valence-corrected chi connectivity index (χ4v) is 1.91. The zero-order valence-electron chi connectivity index (χ0n) is 5.76. The molecule has 0 aliphatic carbocycles. The van der Waals surface area contributed by atoms with Gasteiger partial charge in [-0.1, -0.05) is 6.92 Å². The molecule has 1 nitrogen and oxygen atoms in total. The van der Waals surface area contributed by atoms with Crippen LogP contribution in [0.15, 0.2) is 0 Å². The number of rotatable bonds is 1. The average Bonchev–Trinajstić information content (AvgIpc) is 2.15. The Bertz CT molecular complexity index is 107. The zero-order chi connectivity index (χ0) is 6.91. The Morgan fingerprint density at radius 2 is 2.44 bits per heavy atom. The van der Waals surface area contributed by atoms with Crippen LogP contribution in [0.5, 0.6) is 0 Å². The van der Waals surface area contributed by atoms with E-state index in [-0.39, 0.29) is 4.27 Å². The van der Waals surface area contributed by atoms with Gasteiger partial charge in [-0.15, -0.1) is 24.4 Å². The van der Waals surface area contributed by atoms with Crippen molar-refractivity contribution in [2.45, 2.75) is 17.6 Å². The van der Waals surface area contributed by atoms with E-state index in [1.807, 2.05) is 6.26 Å². The van der Waals surface area contributed by atoms with Gasteiger partial charge in [0, 0.05) is 12.5 Å². The monoisotopic (exact) mass is 164 g/mol. The van der Waals surface area contributed by atoms with Crippen LogP contribution in [-0.2, 0) is 4.74 Å². The Balaban J connectivity index is 2.56. The zero-order valence-corrected chi connectivity index (χ0v) is 7.47. The lowest BCUT2D eigenvalue weighted by atomic mass is 10.1. The van der Waals surface area contributed by atoms with E-state index in [1.165, 1.54) is 0 Å². The summed E-state index contributed by atoms with van der Waals surface area (Å²) in [7, 11) is 0. The van der Waals surface area contributed by atoms with E-state index >= 15 is 0 Å². The van der Waals surface area contributed by atoms with Crippen LogP contribution in [0.25, 0.3) is 0 Å². The number of hydrogen-bond acceptors (Lipinski definition) is 3. The lowest BCUT2D eigenvalue weighted by molar-refractivity contribution is 0.138. The summed E-state index contributed by atoms with van der Waals surface area (Å²) in [6.07, 6.45) is 3.18. The molecule has 0 N–H and O–H groups in total. The maximum absolute atomic E-state index is 5.43. The van der Waals surface area contributed by atoms with Gasteiger partial charge < -0.3 is 4.74 Å². The molecule has 54 valence electrons. The molecule has 0 bridgehead atoms. The van der Waals surface area contributed by atoms with Crippen molar-refractivity contribution in [3.8, 4) is 0 Å². The molecule has 1 saturated heterocycles. The Kier molecular flexibility index (Phi) is 2.35. The standard InChI is InChI=1S/C6H12OS2/c1-5-3-4-7-6(5,8)9-2/h5,8H,3-4H2,1-2H3. The number of thioether (sulfide) groups is 1. The molecule has 0 aromatic rings. The second-order valence-electron chi connectivity index (χ2n) is 2.37. The van der Waals surface area contributed by atoms with Crippen molar-refractivity contribution < 1.29 is 4.74 Å². The summed E-state index contributed by atoms with van der Waals surface area (Å²) in [6.45, 7) is 3.04. The van der Waals surface area contributed by atoms with Crippen molar-refractivity contribution in [2.24, 2.45) is 5.92 Å². The molecule has 0 saturated carbocycles. The van der Waals surface area contributed by atoms with Gasteiger partial charge in [0.1, 0.15) is 0 Å². The fraction of sp³-hybridized carbons (Fsp3) is 1.00. The Hall–Kier alpha value is 0.660. The molecule has 0 aromatic carbocycles. The summed E-state index contributed by atoms with van der Waals surface area (Å²) in [6, 6.07) is 0. The van der Waals surface area contributed by atoms with Crippen LogP contribution in [0.3, 0.4) is 0 Å². The summed E-state index contributed by atoms with van der Waals surface area (Å²) in [4.78, 5) is 0. The Morgan fingerprint density at radius 1 is 1.78 bits per heavy atom. The minimum absolute atomic E-state index is 0.194. The molecule has 0 aromatic heterocycles. The molecule has 1 aliphatic rings. The molecule has 2 atom stereocenters. The van der Waals surface area contributed by atoms with Gasteiger partial charge in [0.2, 0.25) is 0 Å². The van der Waals surface area contributed by atoms with Crippen molar-refractivity contribution >= 4 is 24.4 Å². The molecular weight excluding hydrogens is 152 g/mol. The Labute approximate surface area is 65.9 Å². The van der Waals surface area contributed by atoms with E-state index in [2.05, 4.69) is 19.6 Å². The first kappa shape index (κ1) is 7.76. The van der Waals surface area contributed by atoms with Crippen LogP contribution < -0.4 is 0 Å². The van der Waals surface area contributed by atoms with Crippen molar-refractivity contribution in [3.05, 3.63) is 0 Å². The van der Waals surface area contributed by atoms with Gasteiger partial charge in [0.05, 0.1) is 0 Å². The third kappa shape index (κ3) is 1.38. The normalized spacial score (nSPS) is 43.7. The first-order chi connectivity index (χ1) is 4.19. The van der Waals surface area contributed by atoms with Crippen molar-refractivity contribution in [1.29, 1.82) is 0 Å². The highest BCUT2D eigenvalue weighted by molar-refractivity contribution is 8.10. The number of hydrogen-bond donors (Lipinski definition) is 1. The highest BCUT2D eigenvalue weighted by Crippen LogP contribution is 2.42. The maximum Gasteiger partial charge on any atom is 0.160 e. The SMILES string of the molecule is CSC1(S)OCCC1C. The van der Waals surface area contributed by atoms with Crippen molar-refractivity contribution in [3.63, 3.8) is 0 Å². The summed E-state index contributed by atoms with van der Waals surface area (Å²) >= 11 is 6.10. The van der Waals surface area contributed by atoms with Crippen LogP contribution in [0.1, 0.15) is 13.3 Å². The molecule has 0 radical (unpaired) electrons. The minimum Gasteiger partial charge on any atom is -0.355 e. The predicted octanol–water partition coefficient (Wildman–Crippen LogP) is 1.99. The highest BCUT2D eigenvalue weighted by atomic mass is 32.2. The first-order valence-corrected chi connectivity index (χ1v) is 4.78. The molecule has 0 spiro atoms. The Morgan fingerprint density at radius 3 is 2.67 bits per heavy atom. The van der Waals surface area contributed by atoms with E-state index in [4.69, 9.17) is 4.74 Å². The van der Waals surface area contributed by atoms with E-state index in [0.717, 1.165) is 13.0 Å². The molecule has 1 fully saturated rings. The van der Waals surface area contributed by atoms with Crippen molar-refractivity contribution in [1.82, 2.24) is 0 Å². The van der Waals surface area contributed by atoms with Gasteiger partial charge in [-0.25, -0.2) is 0 Å². The van der Waals surface area contributed by atoms with Gasteiger partial charge in [0.25, 0.3) is 0 Å². The fourth-order valence-electron chi connectivity index (χ4n) is 0.967. The predicted molar refractivity (Wildman–Crippen MR) is 45.0 cm³/mol. The maximum atomic E-state index is 5.43. The van der Waals surface area contributed by atoms with Gasteiger partial charge >= 0.3 is 0 Å². The van der Waals surface area contributed by atoms with Crippen LogP contribution in [0.2, 0.25) is 0 Å². The highest BCUT2D eigenvalue weighted by Gasteiger charge is 2.37. The van der Waals surface area contributed by atoms with Gasteiger partial charge in [-0.3, -0.25) is 0 Å². The van der Waals surface area contributed by atoms with E-state index in [0.29, 0.717) is 5.92 Å². The van der Waals surface area contributed by atoms with E-state index < -0.39 is 0 Å².